The van der Waals surface area contributed by atoms with Gasteiger partial charge < -0.3 is 20.1 Å². The average molecular weight is 543 g/mol. The monoisotopic (exact) mass is 542 g/mol. The number of pyridine rings is 2. The number of fused-ring (bicyclic) bond motifs is 1. The third kappa shape index (κ3) is 6.09. The Hall–Kier alpha value is -4.38. The minimum atomic E-state index is -0.969. The molecule has 0 saturated carbocycles. The predicted molar refractivity (Wildman–Crippen MR) is 153 cm³/mol. The van der Waals surface area contributed by atoms with Crippen LogP contribution in [0.5, 0.6) is 5.75 Å². The van der Waals surface area contributed by atoms with E-state index in [-0.39, 0.29) is 18.1 Å². The summed E-state index contributed by atoms with van der Waals surface area (Å²) in [5.41, 5.74) is 2.68. The molecule has 0 aliphatic carbocycles. The molecule has 11 heteroatoms. The number of aromatic nitrogens is 5. The molecule has 1 fully saturated rings. The molecule has 0 atom stereocenters. The normalized spacial score (nSPS) is 15.2. The number of ether oxygens (including phenoxy) is 1. The van der Waals surface area contributed by atoms with Gasteiger partial charge in [-0.2, -0.15) is 10.2 Å². The van der Waals surface area contributed by atoms with Gasteiger partial charge in [-0.25, -0.2) is 9.50 Å². The highest BCUT2D eigenvalue weighted by Gasteiger charge is 2.32. The molecule has 4 aromatic rings. The van der Waals surface area contributed by atoms with E-state index in [9.17, 15) is 9.90 Å². The molecular formula is C29H34N8O3. The number of carbonyl (C=O) groups excluding carboxylic acids is 1. The van der Waals surface area contributed by atoms with E-state index in [0.29, 0.717) is 18.0 Å². The molecule has 1 aliphatic rings. The van der Waals surface area contributed by atoms with Crippen LogP contribution in [0, 0.1) is 0 Å². The van der Waals surface area contributed by atoms with E-state index < -0.39 is 5.60 Å². The number of carbonyl (C=O) groups is 1. The maximum Gasteiger partial charge on any atom is 0.272 e. The van der Waals surface area contributed by atoms with E-state index in [1.165, 1.54) is 0 Å². The zero-order valence-electron chi connectivity index (χ0n) is 23.0. The number of aliphatic hydroxyl groups is 1. The molecule has 0 radical (unpaired) electrons. The van der Waals surface area contributed by atoms with E-state index in [2.05, 4.69) is 44.1 Å². The van der Waals surface area contributed by atoms with Crippen molar-refractivity contribution in [3.8, 4) is 16.9 Å². The first-order valence-electron chi connectivity index (χ1n) is 13.2. The van der Waals surface area contributed by atoms with Crippen LogP contribution in [0.4, 0.5) is 5.82 Å². The molecule has 208 valence electrons. The van der Waals surface area contributed by atoms with Gasteiger partial charge in [0.2, 0.25) is 0 Å². The topological polar surface area (TPSA) is 130 Å². The first-order chi connectivity index (χ1) is 19.1. The van der Waals surface area contributed by atoms with E-state index in [1.807, 2.05) is 24.4 Å². The van der Waals surface area contributed by atoms with Gasteiger partial charge in [0, 0.05) is 47.7 Å². The lowest BCUT2D eigenvalue weighted by atomic mass is 9.89. The Kier molecular flexibility index (Phi) is 7.49. The zero-order chi connectivity index (χ0) is 28.3. The van der Waals surface area contributed by atoms with Crippen molar-refractivity contribution in [3.05, 3.63) is 66.4 Å². The Bertz CT molecular complexity index is 1490. The van der Waals surface area contributed by atoms with Gasteiger partial charge in [0.15, 0.2) is 5.69 Å². The Labute approximate surface area is 232 Å². The molecular weight excluding hydrogens is 508 g/mol. The number of rotatable bonds is 9. The van der Waals surface area contributed by atoms with Gasteiger partial charge >= 0.3 is 0 Å². The molecule has 40 heavy (non-hydrogen) atoms. The van der Waals surface area contributed by atoms with E-state index in [4.69, 9.17) is 9.72 Å². The molecule has 5 heterocycles. The zero-order valence-corrected chi connectivity index (χ0v) is 23.0. The first-order valence-corrected chi connectivity index (χ1v) is 13.2. The van der Waals surface area contributed by atoms with E-state index in [1.54, 1.807) is 49.1 Å². The number of aliphatic imine (C=N–C) groups is 1. The molecule has 0 unspecified atom stereocenters. The van der Waals surface area contributed by atoms with Crippen LogP contribution in [0.1, 0.15) is 49.7 Å². The molecule has 4 aromatic heterocycles. The minimum absolute atomic E-state index is 0.143. The molecule has 11 nitrogen and oxygen atoms in total. The van der Waals surface area contributed by atoms with Crippen LogP contribution in [0.2, 0.25) is 0 Å². The van der Waals surface area contributed by atoms with Crippen LogP contribution in [0.25, 0.3) is 16.6 Å². The fraction of sp³-hybridized carbons (Fsp3) is 0.379. The summed E-state index contributed by atoms with van der Waals surface area (Å²) in [5.74, 6) is 1.25. The SMILES string of the molecule is C=NCc1cnn2cc(OCC(C)(C)O)cc(-c3ccc(N4CCC(C)(NC(=O)c5cccnn5)CC4)nc3)c12. The molecule has 0 spiro atoms. The fourth-order valence-corrected chi connectivity index (χ4v) is 4.80. The fourth-order valence-electron chi connectivity index (χ4n) is 4.80. The van der Waals surface area contributed by atoms with Crippen LogP contribution < -0.4 is 15.0 Å². The number of nitrogens with one attached hydrogen (secondary N) is 1. The van der Waals surface area contributed by atoms with Crippen LogP contribution in [-0.4, -0.2) is 73.4 Å². The highest BCUT2D eigenvalue weighted by atomic mass is 16.5. The van der Waals surface area contributed by atoms with E-state index in [0.717, 1.165) is 54.0 Å². The van der Waals surface area contributed by atoms with Gasteiger partial charge in [0.05, 0.1) is 30.1 Å². The van der Waals surface area contributed by atoms with Gasteiger partial charge in [-0.15, -0.1) is 5.10 Å². The Morgan fingerprint density at radius 2 is 2.05 bits per heavy atom. The Morgan fingerprint density at radius 1 is 1.25 bits per heavy atom. The van der Waals surface area contributed by atoms with Crippen molar-refractivity contribution in [2.75, 3.05) is 24.6 Å². The summed E-state index contributed by atoms with van der Waals surface area (Å²) in [6.45, 7) is 11.2. The maximum absolute atomic E-state index is 12.6. The minimum Gasteiger partial charge on any atom is -0.489 e. The first kappa shape index (κ1) is 27.2. The van der Waals surface area contributed by atoms with Crippen molar-refractivity contribution in [1.82, 2.24) is 30.1 Å². The van der Waals surface area contributed by atoms with Gasteiger partial charge in [-0.05, 0) is 70.7 Å². The van der Waals surface area contributed by atoms with Crippen LogP contribution in [0.3, 0.4) is 0 Å². The van der Waals surface area contributed by atoms with Crippen molar-refractivity contribution in [3.63, 3.8) is 0 Å². The third-order valence-corrected chi connectivity index (χ3v) is 7.01. The van der Waals surface area contributed by atoms with Gasteiger partial charge in [0.25, 0.3) is 5.91 Å². The summed E-state index contributed by atoms with van der Waals surface area (Å²) in [5, 5.41) is 25.5. The molecule has 1 saturated heterocycles. The summed E-state index contributed by atoms with van der Waals surface area (Å²) < 4.78 is 7.66. The van der Waals surface area contributed by atoms with Gasteiger partial charge in [0.1, 0.15) is 18.2 Å². The summed E-state index contributed by atoms with van der Waals surface area (Å²) in [6, 6.07) is 9.36. The van der Waals surface area contributed by atoms with Gasteiger partial charge in [-0.3, -0.25) is 9.79 Å². The lowest BCUT2D eigenvalue weighted by Crippen LogP contribution is -2.53. The third-order valence-electron chi connectivity index (χ3n) is 7.01. The molecule has 2 N–H and O–H groups in total. The van der Waals surface area contributed by atoms with Crippen molar-refractivity contribution in [2.45, 2.75) is 51.3 Å². The molecule has 0 aromatic carbocycles. The second-order valence-electron chi connectivity index (χ2n) is 11.1. The second-order valence-corrected chi connectivity index (χ2v) is 11.1. The second kappa shape index (κ2) is 11.0. The summed E-state index contributed by atoms with van der Waals surface area (Å²) in [4.78, 5) is 23.7. The van der Waals surface area contributed by atoms with Crippen LogP contribution in [0.15, 0.2) is 60.1 Å². The smallest absolute Gasteiger partial charge is 0.272 e. The van der Waals surface area contributed by atoms with Crippen molar-refractivity contribution >= 4 is 24.0 Å². The molecule has 5 rings (SSSR count). The largest absolute Gasteiger partial charge is 0.489 e. The number of anilines is 1. The summed E-state index contributed by atoms with van der Waals surface area (Å²) in [6.07, 6.45) is 8.53. The van der Waals surface area contributed by atoms with Gasteiger partial charge in [-0.1, -0.05) is 0 Å². The van der Waals surface area contributed by atoms with E-state index >= 15 is 0 Å². The number of hydrogen-bond acceptors (Lipinski definition) is 9. The molecule has 1 amide bonds. The highest BCUT2D eigenvalue weighted by Crippen LogP contribution is 2.33. The highest BCUT2D eigenvalue weighted by molar-refractivity contribution is 5.92. The number of amides is 1. The quantitative estimate of drug-likeness (QED) is 0.308. The average Bonchev–Trinajstić information content (AvgIpc) is 3.35. The van der Waals surface area contributed by atoms with Crippen LogP contribution in [-0.2, 0) is 6.54 Å². The number of nitrogens with zero attached hydrogens (tertiary/aromatic N) is 7. The number of hydrogen-bond donors (Lipinski definition) is 2. The molecule has 0 bridgehead atoms. The standard InChI is InChI=1S/C29H34N8O3/c1-28(2,39)19-40-22-14-23(26-21(15-30-4)17-33-37(26)18-22)20-7-8-25(31-16-20)36-12-9-29(3,10-13-36)34-27(38)24-6-5-11-32-35-24/h5-8,11,14,16-18,39H,4,9-10,12-13,15,19H2,1-3H3,(H,34,38). The molecule has 1 aliphatic heterocycles. The number of piperidine rings is 1. The van der Waals surface area contributed by atoms with Crippen molar-refractivity contribution < 1.29 is 14.6 Å². The van der Waals surface area contributed by atoms with Crippen LogP contribution >= 0.6 is 0 Å². The predicted octanol–water partition coefficient (Wildman–Crippen LogP) is 3.33. The Balaban J connectivity index is 1.33. The maximum atomic E-state index is 12.6. The lowest BCUT2D eigenvalue weighted by molar-refractivity contribution is 0.0283. The lowest BCUT2D eigenvalue weighted by Gasteiger charge is -2.40. The van der Waals surface area contributed by atoms with Crippen molar-refractivity contribution in [2.24, 2.45) is 4.99 Å². The van der Waals surface area contributed by atoms with Crippen molar-refractivity contribution in [1.29, 1.82) is 0 Å². The summed E-state index contributed by atoms with van der Waals surface area (Å²) in [7, 11) is 0. The Morgan fingerprint density at radius 3 is 2.70 bits per heavy atom. The summed E-state index contributed by atoms with van der Waals surface area (Å²) >= 11 is 0.